The predicted molar refractivity (Wildman–Crippen MR) is 157 cm³/mol. The predicted octanol–water partition coefficient (Wildman–Crippen LogP) is 7.13. The van der Waals surface area contributed by atoms with Gasteiger partial charge in [0.1, 0.15) is 11.5 Å². The van der Waals surface area contributed by atoms with Crippen molar-refractivity contribution in [1.29, 1.82) is 0 Å². The molecule has 0 N–H and O–H groups in total. The maximum absolute atomic E-state index is 5.37. The van der Waals surface area contributed by atoms with Crippen LogP contribution in [0.25, 0.3) is 21.5 Å². The van der Waals surface area contributed by atoms with E-state index in [1.54, 1.807) is 14.2 Å². The third-order valence-corrected chi connectivity index (χ3v) is 8.97. The van der Waals surface area contributed by atoms with Gasteiger partial charge in [0.2, 0.25) is 0 Å². The van der Waals surface area contributed by atoms with Crippen molar-refractivity contribution in [2.24, 2.45) is 11.8 Å². The molecule has 2 heterocycles. The van der Waals surface area contributed by atoms with Gasteiger partial charge in [-0.3, -0.25) is 9.80 Å². The van der Waals surface area contributed by atoms with Crippen molar-refractivity contribution in [2.45, 2.75) is 38.8 Å². The van der Waals surface area contributed by atoms with Crippen LogP contribution in [0.4, 0.5) is 0 Å². The van der Waals surface area contributed by atoms with Gasteiger partial charge in [-0.2, -0.15) is 0 Å². The largest absolute Gasteiger partial charge is 0.497 e. The summed E-state index contributed by atoms with van der Waals surface area (Å²) in [4.78, 5) is 5.32. The topological polar surface area (TPSA) is 24.9 Å². The third kappa shape index (κ3) is 5.67. The van der Waals surface area contributed by atoms with Crippen LogP contribution in [0.5, 0.6) is 11.5 Å². The standard InChI is InChI=1S/C34H40N2O2/c1-37-33-9-7-29-19-25(3-5-31(29)21-33)23-35-15-11-27(12-16-35)28-13-17-36(18-14-28)24-26-4-6-32-22-34(38-2)10-8-30(32)20-26/h3-10,19-22,27-28H,11-18,23-24H2,1-2H3. The van der Waals surface area contributed by atoms with Gasteiger partial charge in [-0.15, -0.1) is 0 Å². The van der Waals surface area contributed by atoms with E-state index in [0.29, 0.717) is 0 Å². The van der Waals surface area contributed by atoms with Gasteiger partial charge in [-0.25, -0.2) is 0 Å². The highest BCUT2D eigenvalue weighted by Gasteiger charge is 2.29. The Labute approximate surface area is 227 Å². The highest BCUT2D eigenvalue weighted by atomic mass is 16.5. The van der Waals surface area contributed by atoms with Crippen LogP contribution >= 0.6 is 0 Å². The quantitative estimate of drug-likeness (QED) is 0.265. The SMILES string of the molecule is COc1ccc2cc(CN3CCC(C4CCN(Cc5ccc6cc(OC)ccc6c5)CC4)CC3)ccc2c1. The van der Waals surface area contributed by atoms with E-state index in [2.05, 4.69) is 82.6 Å². The zero-order valence-corrected chi connectivity index (χ0v) is 22.9. The monoisotopic (exact) mass is 508 g/mol. The number of methoxy groups -OCH3 is 2. The van der Waals surface area contributed by atoms with Crippen molar-refractivity contribution < 1.29 is 9.47 Å². The van der Waals surface area contributed by atoms with E-state index in [-0.39, 0.29) is 0 Å². The molecule has 0 spiro atoms. The number of hydrogen-bond acceptors (Lipinski definition) is 4. The van der Waals surface area contributed by atoms with Crippen LogP contribution in [0.2, 0.25) is 0 Å². The highest BCUT2D eigenvalue weighted by Crippen LogP contribution is 2.34. The number of fused-ring (bicyclic) bond motifs is 2. The Hall–Kier alpha value is -3.08. The summed E-state index contributed by atoms with van der Waals surface area (Å²) in [6.45, 7) is 7.04. The molecule has 198 valence electrons. The average molecular weight is 509 g/mol. The molecule has 2 saturated heterocycles. The molecule has 2 aliphatic rings. The van der Waals surface area contributed by atoms with Crippen molar-refractivity contribution in [2.75, 3.05) is 40.4 Å². The van der Waals surface area contributed by atoms with E-state index < -0.39 is 0 Å². The lowest BCUT2D eigenvalue weighted by Crippen LogP contribution is -2.40. The molecule has 0 atom stereocenters. The number of likely N-dealkylation sites (tertiary alicyclic amines) is 2. The lowest BCUT2D eigenvalue weighted by Gasteiger charge is -2.40. The number of nitrogens with zero attached hydrogens (tertiary/aromatic N) is 2. The molecule has 4 aromatic rings. The first-order valence-corrected chi connectivity index (χ1v) is 14.2. The van der Waals surface area contributed by atoms with Crippen LogP contribution in [0.1, 0.15) is 36.8 Å². The van der Waals surface area contributed by atoms with E-state index in [1.165, 1.54) is 84.5 Å². The smallest absolute Gasteiger partial charge is 0.119 e. The van der Waals surface area contributed by atoms with Gasteiger partial charge in [0.25, 0.3) is 0 Å². The summed E-state index contributed by atoms with van der Waals surface area (Å²) in [6, 6.07) is 26.5. The van der Waals surface area contributed by atoms with Gasteiger partial charge in [-0.1, -0.05) is 36.4 Å². The van der Waals surface area contributed by atoms with E-state index >= 15 is 0 Å². The number of benzene rings is 4. The Balaban J connectivity index is 0.972. The zero-order chi connectivity index (χ0) is 25.9. The normalized spacial score (nSPS) is 18.3. The Bertz CT molecular complexity index is 1280. The van der Waals surface area contributed by atoms with Gasteiger partial charge >= 0.3 is 0 Å². The number of rotatable bonds is 7. The Kier molecular flexibility index (Phi) is 7.53. The average Bonchev–Trinajstić information content (AvgIpc) is 2.97. The fourth-order valence-corrected chi connectivity index (χ4v) is 6.68. The molecule has 4 nitrogen and oxygen atoms in total. The lowest BCUT2D eigenvalue weighted by atomic mass is 9.78. The molecule has 4 aromatic carbocycles. The fraction of sp³-hybridized carbons (Fsp3) is 0.412. The molecular weight excluding hydrogens is 468 g/mol. The summed E-state index contributed by atoms with van der Waals surface area (Å²) in [5.74, 6) is 3.64. The molecule has 2 fully saturated rings. The summed E-state index contributed by atoms with van der Waals surface area (Å²) < 4.78 is 10.7. The molecule has 0 radical (unpaired) electrons. The fourth-order valence-electron chi connectivity index (χ4n) is 6.68. The minimum atomic E-state index is 0.896. The van der Waals surface area contributed by atoms with Gasteiger partial charge in [0.05, 0.1) is 14.2 Å². The molecule has 6 rings (SSSR count). The third-order valence-electron chi connectivity index (χ3n) is 8.97. The summed E-state index contributed by atoms with van der Waals surface area (Å²) in [5, 5.41) is 5.10. The van der Waals surface area contributed by atoms with Crippen molar-refractivity contribution in [3.63, 3.8) is 0 Å². The van der Waals surface area contributed by atoms with Gasteiger partial charge in [0, 0.05) is 13.1 Å². The number of piperidine rings is 2. The maximum Gasteiger partial charge on any atom is 0.119 e. The van der Waals surface area contributed by atoms with Gasteiger partial charge in [0.15, 0.2) is 0 Å². The molecule has 0 bridgehead atoms. The van der Waals surface area contributed by atoms with Crippen molar-refractivity contribution in [1.82, 2.24) is 9.80 Å². The molecule has 0 amide bonds. The van der Waals surface area contributed by atoms with Gasteiger partial charge < -0.3 is 9.47 Å². The number of hydrogen-bond donors (Lipinski definition) is 0. The van der Waals surface area contributed by atoms with Crippen LogP contribution in [-0.4, -0.2) is 50.2 Å². The Morgan fingerprint density at radius 3 is 1.29 bits per heavy atom. The van der Waals surface area contributed by atoms with Crippen molar-refractivity contribution >= 4 is 21.5 Å². The van der Waals surface area contributed by atoms with E-state index in [4.69, 9.17) is 9.47 Å². The minimum Gasteiger partial charge on any atom is -0.497 e. The first-order chi connectivity index (χ1) is 18.7. The van der Waals surface area contributed by atoms with Gasteiger partial charge in [-0.05, 0) is 133 Å². The van der Waals surface area contributed by atoms with Crippen LogP contribution in [-0.2, 0) is 13.1 Å². The molecule has 0 unspecified atom stereocenters. The van der Waals surface area contributed by atoms with Crippen LogP contribution in [0.15, 0.2) is 72.8 Å². The molecule has 0 aromatic heterocycles. The first-order valence-electron chi connectivity index (χ1n) is 14.2. The summed E-state index contributed by atoms with van der Waals surface area (Å²) in [7, 11) is 3.46. The van der Waals surface area contributed by atoms with E-state index in [9.17, 15) is 0 Å². The lowest BCUT2D eigenvalue weighted by molar-refractivity contribution is 0.0910. The second kappa shape index (κ2) is 11.3. The van der Waals surface area contributed by atoms with Crippen molar-refractivity contribution in [3.05, 3.63) is 83.9 Å². The molecular formula is C34H40N2O2. The highest BCUT2D eigenvalue weighted by molar-refractivity contribution is 5.85. The Morgan fingerprint density at radius 1 is 0.526 bits per heavy atom. The van der Waals surface area contributed by atoms with Crippen molar-refractivity contribution in [3.8, 4) is 11.5 Å². The van der Waals surface area contributed by atoms with Crippen LogP contribution in [0, 0.1) is 11.8 Å². The molecule has 2 aliphatic heterocycles. The molecule has 0 aliphatic carbocycles. The summed E-state index contributed by atoms with van der Waals surface area (Å²) in [6.07, 6.45) is 5.40. The van der Waals surface area contributed by atoms with E-state index in [0.717, 1.165) is 36.4 Å². The number of ether oxygens (including phenoxy) is 2. The summed E-state index contributed by atoms with van der Waals surface area (Å²) >= 11 is 0. The molecule has 0 saturated carbocycles. The van der Waals surface area contributed by atoms with E-state index in [1.807, 2.05) is 0 Å². The zero-order valence-electron chi connectivity index (χ0n) is 22.9. The second-order valence-electron chi connectivity index (χ2n) is 11.3. The molecule has 38 heavy (non-hydrogen) atoms. The Morgan fingerprint density at radius 2 is 0.895 bits per heavy atom. The van der Waals surface area contributed by atoms with Crippen LogP contribution in [0.3, 0.4) is 0 Å². The summed E-state index contributed by atoms with van der Waals surface area (Å²) in [5.41, 5.74) is 2.84. The maximum atomic E-state index is 5.37. The minimum absolute atomic E-state index is 0.896. The second-order valence-corrected chi connectivity index (χ2v) is 11.3. The molecule has 4 heteroatoms. The van der Waals surface area contributed by atoms with Crippen LogP contribution < -0.4 is 9.47 Å². The first kappa shape index (κ1) is 25.2.